The third kappa shape index (κ3) is 3.30. The second kappa shape index (κ2) is 7.14. The maximum Gasteiger partial charge on any atom is 0.233 e. The third-order valence-electron chi connectivity index (χ3n) is 5.39. The molecule has 130 valence electrons. The third-order valence-corrected chi connectivity index (χ3v) is 5.62. The van der Waals surface area contributed by atoms with Gasteiger partial charge in [-0.05, 0) is 43.4 Å². The minimum atomic E-state index is -0.415. The molecule has 5 heteroatoms. The Kier molecular flexibility index (Phi) is 5.14. The molecule has 4 nitrogen and oxygen atoms in total. The van der Waals surface area contributed by atoms with Crippen molar-refractivity contribution in [3.63, 3.8) is 0 Å². The Morgan fingerprint density at radius 3 is 2.75 bits per heavy atom. The fraction of sp³-hybridized carbons (Fsp3) is 0.579. The molecule has 1 heterocycles. The number of hydrogen-bond acceptors (Lipinski definition) is 2. The van der Waals surface area contributed by atoms with Crippen LogP contribution < -0.4 is 5.32 Å². The van der Waals surface area contributed by atoms with E-state index < -0.39 is 5.41 Å². The van der Waals surface area contributed by atoms with Gasteiger partial charge in [0, 0.05) is 30.6 Å². The average Bonchev–Trinajstić information content (AvgIpc) is 2.54. The van der Waals surface area contributed by atoms with E-state index in [2.05, 4.69) is 5.32 Å². The van der Waals surface area contributed by atoms with E-state index in [1.807, 2.05) is 36.1 Å². The summed E-state index contributed by atoms with van der Waals surface area (Å²) in [5, 5.41) is 3.71. The molecule has 0 radical (unpaired) electrons. The quantitative estimate of drug-likeness (QED) is 0.907. The lowest BCUT2D eigenvalue weighted by atomic mass is 9.63. The van der Waals surface area contributed by atoms with Crippen LogP contribution in [0, 0.1) is 0 Å². The zero-order valence-corrected chi connectivity index (χ0v) is 14.9. The van der Waals surface area contributed by atoms with Gasteiger partial charge in [0.15, 0.2) is 0 Å². The first kappa shape index (κ1) is 17.3. The van der Waals surface area contributed by atoms with E-state index in [0.29, 0.717) is 18.0 Å². The average molecular weight is 349 g/mol. The minimum Gasteiger partial charge on any atom is -0.352 e. The molecule has 1 unspecified atom stereocenters. The largest absolute Gasteiger partial charge is 0.352 e. The van der Waals surface area contributed by atoms with E-state index in [0.717, 1.165) is 44.2 Å². The summed E-state index contributed by atoms with van der Waals surface area (Å²) in [4.78, 5) is 26.9. The summed E-state index contributed by atoms with van der Waals surface area (Å²) in [7, 11) is 0. The van der Waals surface area contributed by atoms with Crippen molar-refractivity contribution in [2.45, 2.75) is 56.9 Å². The molecule has 1 aromatic carbocycles. The molecule has 1 aliphatic heterocycles. The van der Waals surface area contributed by atoms with Crippen LogP contribution in [-0.2, 0) is 15.0 Å². The number of rotatable bonds is 4. The molecule has 1 aliphatic carbocycles. The Bertz CT molecular complexity index is 628. The highest BCUT2D eigenvalue weighted by atomic mass is 35.5. The van der Waals surface area contributed by atoms with E-state index in [1.54, 1.807) is 0 Å². The molecule has 24 heavy (non-hydrogen) atoms. The first-order chi connectivity index (χ1) is 11.5. The standard InChI is InChI=1S/C19H25ClN2O2/c1-2-17(23)21-16-8-4-11-22(13-16)18(24)19(9-5-10-19)14-6-3-7-15(20)12-14/h3,6-7,12,16H,2,4-5,8-11,13H2,1H3,(H,21,23). The molecular weight excluding hydrogens is 324 g/mol. The van der Waals surface area contributed by atoms with Crippen LogP contribution in [0.15, 0.2) is 24.3 Å². The SMILES string of the molecule is CCC(=O)NC1CCCN(C(=O)C2(c3cccc(Cl)c3)CCC2)C1. The highest BCUT2D eigenvalue weighted by Gasteiger charge is 2.48. The molecule has 1 saturated carbocycles. The first-order valence-corrected chi connectivity index (χ1v) is 9.28. The predicted molar refractivity (Wildman–Crippen MR) is 95.0 cm³/mol. The molecule has 0 aromatic heterocycles. The molecule has 2 amide bonds. The second-order valence-corrected chi connectivity index (χ2v) is 7.39. The van der Waals surface area contributed by atoms with Gasteiger partial charge in [0.1, 0.15) is 0 Å². The molecule has 2 fully saturated rings. The van der Waals surface area contributed by atoms with Crippen LogP contribution in [-0.4, -0.2) is 35.8 Å². The summed E-state index contributed by atoms with van der Waals surface area (Å²) < 4.78 is 0. The van der Waals surface area contributed by atoms with Crippen LogP contribution in [0.5, 0.6) is 0 Å². The molecule has 1 atom stereocenters. The van der Waals surface area contributed by atoms with Crippen molar-refractivity contribution >= 4 is 23.4 Å². The number of amides is 2. The van der Waals surface area contributed by atoms with Crippen LogP contribution in [0.4, 0.5) is 0 Å². The molecule has 0 spiro atoms. The molecule has 0 bridgehead atoms. The van der Waals surface area contributed by atoms with Crippen LogP contribution in [0.1, 0.15) is 51.0 Å². The Hall–Kier alpha value is -1.55. The van der Waals surface area contributed by atoms with E-state index in [1.165, 1.54) is 0 Å². The number of benzene rings is 1. The first-order valence-electron chi connectivity index (χ1n) is 8.90. The van der Waals surface area contributed by atoms with Gasteiger partial charge in [-0.25, -0.2) is 0 Å². The number of nitrogens with one attached hydrogen (secondary N) is 1. The van der Waals surface area contributed by atoms with Crippen LogP contribution in [0.25, 0.3) is 0 Å². The van der Waals surface area contributed by atoms with E-state index in [4.69, 9.17) is 11.6 Å². The van der Waals surface area contributed by atoms with E-state index in [-0.39, 0.29) is 17.9 Å². The summed E-state index contributed by atoms with van der Waals surface area (Å²) in [5.74, 6) is 0.258. The van der Waals surface area contributed by atoms with Crippen molar-refractivity contribution < 1.29 is 9.59 Å². The molecule has 2 aliphatic rings. The summed E-state index contributed by atoms with van der Waals surface area (Å²) in [6, 6.07) is 7.79. The van der Waals surface area contributed by atoms with Gasteiger partial charge in [-0.3, -0.25) is 9.59 Å². The van der Waals surface area contributed by atoms with Crippen LogP contribution >= 0.6 is 11.6 Å². The summed E-state index contributed by atoms with van der Waals surface area (Å²) in [5.41, 5.74) is 0.618. The van der Waals surface area contributed by atoms with Crippen molar-refractivity contribution in [2.75, 3.05) is 13.1 Å². The molecule has 1 N–H and O–H groups in total. The molecule has 1 aromatic rings. The Labute approximate surface area is 148 Å². The number of hydrogen-bond donors (Lipinski definition) is 1. The molecule has 1 saturated heterocycles. The topological polar surface area (TPSA) is 49.4 Å². The minimum absolute atomic E-state index is 0.0579. The van der Waals surface area contributed by atoms with E-state index in [9.17, 15) is 9.59 Å². The zero-order chi connectivity index (χ0) is 17.2. The number of nitrogens with zero attached hydrogens (tertiary/aromatic N) is 1. The van der Waals surface area contributed by atoms with Gasteiger partial charge in [0.25, 0.3) is 0 Å². The number of carbonyl (C=O) groups is 2. The fourth-order valence-corrected chi connectivity index (χ4v) is 4.04. The summed E-state index contributed by atoms with van der Waals surface area (Å²) >= 11 is 6.15. The maximum absolute atomic E-state index is 13.3. The Morgan fingerprint density at radius 1 is 1.33 bits per heavy atom. The number of likely N-dealkylation sites (tertiary alicyclic amines) is 1. The summed E-state index contributed by atoms with van der Waals surface area (Å²) in [6.07, 6.45) is 5.20. The normalized spacial score (nSPS) is 22.6. The number of halogens is 1. The number of carbonyl (C=O) groups excluding carboxylic acids is 2. The number of piperidine rings is 1. The zero-order valence-electron chi connectivity index (χ0n) is 14.2. The molecule has 3 rings (SSSR count). The Balaban J connectivity index is 1.75. The van der Waals surface area contributed by atoms with Crippen LogP contribution in [0.3, 0.4) is 0 Å². The highest BCUT2D eigenvalue weighted by Crippen LogP contribution is 2.46. The monoisotopic (exact) mass is 348 g/mol. The lowest BCUT2D eigenvalue weighted by Gasteiger charge is -2.46. The van der Waals surface area contributed by atoms with Gasteiger partial charge in [0.2, 0.25) is 11.8 Å². The van der Waals surface area contributed by atoms with Gasteiger partial charge in [0.05, 0.1) is 5.41 Å². The van der Waals surface area contributed by atoms with Gasteiger partial charge in [-0.1, -0.05) is 37.1 Å². The maximum atomic E-state index is 13.3. The lowest BCUT2D eigenvalue weighted by molar-refractivity contribution is -0.143. The van der Waals surface area contributed by atoms with Crippen LogP contribution in [0.2, 0.25) is 5.02 Å². The highest BCUT2D eigenvalue weighted by molar-refractivity contribution is 6.30. The molecular formula is C19H25ClN2O2. The second-order valence-electron chi connectivity index (χ2n) is 6.96. The van der Waals surface area contributed by atoms with Crippen molar-refractivity contribution in [1.29, 1.82) is 0 Å². The van der Waals surface area contributed by atoms with Gasteiger partial charge in [-0.2, -0.15) is 0 Å². The summed E-state index contributed by atoms with van der Waals surface area (Å²) in [6.45, 7) is 3.25. The smallest absolute Gasteiger partial charge is 0.233 e. The fourth-order valence-electron chi connectivity index (χ4n) is 3.85. The van der Waals surface area contributed by atoms with Crippen molar-refractivity contribution in [3.05, 3.63) is 34.9 Å². The van der Waals surface area contributed by atoms with E-state index >= 15 is 0 Å². The van der Waals surface area contributed by atoms with Gasteiger partial charge in [-0.15, -0.1) is 0 Å². The van der Waals surface area contributed by atoms with Gasteiger partial charge < -0.3 is 10.2 Å². The predicted octanol–water partition coefficient (Wildman–Crippen LogP) is 3.28. The lowest BCUT2D eigenvalue weighted by Crippen LogP contribution is -2.56. The van der Waals surface area contributed by atoms with Crippen molar-refractivity contribution in [2.24, 2.45) is 0 Å². The van der Waals surface area contributed by atoms with Crippen molar-refractivity contribution in [1.82, 2.24) is 10.2 Å². The van der Waals surface area contributed by atoms with Crippen molar-refractivity contribution in [3.8, 4) is 0 Å². The van der Waals surface area contributed by atoms with Gasteiger partial charge >= 0.3 is 0 Å². The Morgan fingerprint density at radius 2 is 2.12 bits per heavy atom.